The van der Waals surface area contributed by atoms with Gasteiger partial charge in [-0.3, -0.25) is 9.00 Å². The number of carbonyl (C=O) groups is 1. The second kappa shape index (κ2) is 8.70. The van der Waals surface area contributed by atoms with Gasteiger partial charge in [0.2, 0.25) is 5.91 Å². The topological polar surface area (TPSA) is 72.2 Å². The highest BCUT2D eigenvalue weighted by molar-refractivity contribution is 7.85. The van der Waals surface area contributed by atoms with Crippen LogP contribution < -0.4 is 11.1 Å². The Morgan fingerprint density at radius 2 is 1.94 bits per heavy atom. The Morgan fingerprint density at radius 3 is 2.38 bits per heavy atom. The Kier molecular flexibility index (Phi) is 8.47. The van der Waals surface area contributed by atoms with Gasteiger partial charge in [0.15, 0.2) is 0 Å². The first-order valence-electron chi connectivity index (χ1n) is 5.87. The van der Waals surface area contributed by atoms with Gasteiger partial charge in [-0.25, -0.2) is 0 Å². The van der Waals surface area contributed by atoms with Crippen molar-refractivity contribution in [3.05, 3.63) is 0 Å². The van der Waals surface area contributed by atoms with Crippen LogP contribution in [0.15, 0.2) is 0 Å². The summed E-state index contributed by atoms with van der Waals surface area (Å²) in [5.41, 5.74) is 5.44. The lowest BCUT2D eigenvalue weighted by atomic mass is 10.2. The Labute approximate surface area is 101 Å². The first-order valence-corrected chi connectivity index (χ1v) is 7.36. The zero-order valence-electron chi connectivity index (χ0n) is 10.5. The van der Waals surface area contributed by atoms with Crippen molar-refractivity contribution in [1.29, 1.82) is 0 Å². The maximum absolute atomic E-state index is 11.6. The summed E-state index contributed by atoms with van der Waals surface area (Å²) in [6.07, 6.45) is 1.82. The molecule has 16 heavy (non-hydrogen) atoms. The fourth-order valence-corrected chi connectivity index (χ4v) is 2.62. The van der Waals surface area contributed by atoms with Crippen LogP contribution in [0.5, 0.6) is 0 Å². The molecule has 0 saturated carbocycles. The highest BCUT2D eigenvalue weighted by atomic mass is 32.2. The van der Waals surface area contributed by atoms with E-state index in [0.717, 1.165) is 12.8 Å². The largest absolute Gasteiger partial charge is 0.353 e. The lowest BCUT2D eigenvalue weighted by Gasteiger charge is -2.15. The van der Waals surface area contributed by atoms with Gasteiger partial charge in [-0.15, -0.1) is 0 Å². The van der Waals surface area contributed by atoms with Crippen LogP contribution >= 0.6 is 0 Å². The highest BCUT2D eigenvalue weighted by Gasteiger charge is 2.13. The van der Waals surface area contributed by atoms with E-state index in [4.69, 9.17) is 5.73 Å². The van der Waals surface area contributed by atoms with Crippen molar-refractivity contribution >= 4 is 16.7 Å². The van der Waals surface area contributed by atoms with Crippen molar-refractivity contribution in [2.45, 2.75) is 39.7 Å². The van der Waals surface area contributed by atoms with E-state index in [0.29, 0.717) is 12.3 Å². The Balaban J connectivity index is 3.90. The van der Waals surface area contributed by atoms with E-state index in [1.54, 1.807) is 0 Å². The molecule has 1 amide bonds. The number of rotatable bonds is 8. The van der Waals surface area contributed by atoms with Gasteiger partial charge in [-0.05, 0) is 25.3 Å². The van der Waals surface area contributed by atoms with Gasteiger partial charge in [-0.2, -0.15) is 0 Å². The fraction of sp³-hybridized carbons (Fsp3) is 0.909. The van der Waals surface area contributed by atoms with Gasteiger partial charge < -0.3 is 11.1 Å². The number of amides is 1. The fourth-order valence-electron chi connectivity index (χ4n) is 1.35. The molecule has 96 valence electrons. The molecule has 2 unspecified atom stereocenters. The standard InChI is InChI=1S/C11H24N2O2S/c1-4-10(5-2)13-11(14)8-16(15)7-9(3)6-12/h9-10H,4-8,12H2,1-3H3,(H,13,14). The van der Waals surface area contributed by atoms with Crippen LogP contribution in [-0.4, -0.2) is 34.2 Å². The molecule has 0 saturated heterocycles. The molecule has 0 bridgehead atoms. The zero-order valence-corrected chi connectivity index (χ0v) is 11.3. The quantitative estimate of drug-likeness (QED) is 0.662. The Hall–Kier alpha value is -0.420. The highest BCUT2D eigenvalue weighted by Crippen LogP contribution is 1.98. The maximum Gasteiger partial charge on any atom is 0.232 e. The van der Waals surface area contributed by atoms with Crippen molar-refractivity contribution in [2.24, 2.45) is 11.7 Å². The van der Waals surface area contributed by atoms with E-state index in [9.17, 15) is 9.00 Å². The minimum Gasteiger partial charge on any atom is -0.353 e. The van der Waals surface area contributed by atoms with E-state index in [1.807, 2.05) is 20.8 Å². The molecule has 0 heterocycles. The van der Waals surface area contributed by atoms with Crippen molar-refractivity contribution < 1.29 is 9.00 Å². The number of nitrogens with one attached hydrogen (secondary N) is 1. The summed E-state index contributed by atoms with van der Waals surface area (Å²) in [5.74, 6) is 0.700. The Morgan fingerprint density at radius 1 is 1.38 bits per heavy atom. The normalized spacial score (nSPS) is 14.8. The van der Waals surface area contributed by atoms with Crippen molar-refractivity contribution in [1.82, 2.24) is 5.32 Å². The molecule has 0 aliphatic carbocycles. The lowest BCUT2D eigenvalue weighted by Crippen LogP contribution is -2.37. The van der Waals surface area contributed by atoms with Gasteiger partial charge in [0, 0.05) is 22.6 Å². The smallest absolute Gasteiger partial charge is 0.232 e. The number of hydrogen-bond donors (Lipinski definition) is 2. The summed E-state index contributed by atoms with van der Waals surface area (Å²) in [7, 11) is -1.09. The molecule has 4 nitrogen and oxygen atoms in total. The molecule has 0 aliphatic rings. The van der Waals surface area contributed by atoms with Gasteiger partial charge in [0.1, 0.15) is 5.75 Å². The van der Waals surface area contributed by atoms with Crippen LogP contribution in [0.2, 0.25) is 0 Å². The third-order valence-corrected chi connectivity index (χ3v) is 4.04. The van der Waals surface area contributed by atoms with Gasteiger partial charge >= 0.3 is 0 Å². The molecule has 0 aromatic carbocycles. The van der Waals surface area contributed by atoms with E-state index >= 15 is 0 Å². The summed E-state index contributed by atoms with van der Waals surface area (Å²) < 4.78 is 11.6. The van der Waals surface area contributed by atoms with E-state index in [-0.39, 0.29) is 23.6 Å². The van der Waals surface area contributed by atoms with Crippen LogP contribution in [0.3, 0.4) is 0 Å². The minimum atomic E-state index is -1.09. The van der Waals surface area contributed by atoms with E-state index < -0.39 is 10.8 Å². The predicted octanol–water partition coefficient (Wildman–Crippen LogP) is 0.635. The van der Waals surface area contributed by atoms with Gasteiger partial charge in [-0.1, -0.05) is 20.8 Å². The van der Waals surface area contributed by atoms with Crippen molar-refractivity contribution in [2.75, 3.05) is 18.1 Å². The summed E-state index contributed by atoms with van der Waals surface area (Å²) in [5, 5.41) is 2.88. The number of carbonyl (C=O) groups excluding carboxylic acids is 1. The first-order chi connectivity index (χ1) is 7.53. The van der Waals surface area contributed by atoms with Crippen LogP contribution in [0.25, 0.3) is 0 Å². The Bertz CT molecular complexity index is 230. The van der Waals surface area contributed by atoms with Crippen LogP contribution in [0.1, 0.15) is 33.6 Å². The van der Waals surface area contributed by atoms with Crippen molar-refractivity contribution in [3.8, 4) is 0 Å². The maximum atomic E-state index is 11.6. The lowest BCUT2D eigenvalue weighted by molar-refractivity contribution is -0.119. The average Bonchev–Trinajstić information content (AvgIpc) is 2.25. The molecule has 0 radical (unpaired) electrons. The molecule has 3 N–H and O–H groups in total. The SMILES string of the molecule is CCC(CC)NC(=O)CS(=O)CC(C)CN. The molecule has 5 heteroatoms. The predicted molar refractivity (Wildman–Crippen MR) is 68.6 cm³/mol. The van der Waals surface area contributed by atoms with Crippen LogP contribution in [-0.2, 0) is 15.6 Å². The number of hydrogen-bond acceptors (Lipinski definition) is 3. The summed E-state index contributed by atoms with van der Waals surface area (Å²) in [6, 6.07) is 0.205. The molecule has 0 fully saturated rings. The summed E-state index contributed by atoms with van der Waals surface area (Å²) in [4.78, 5) is 11.5. The average molecular weight is 248 g/mol. The molecule has 0 aromatic heterocycles. The summed E-state index contributed by atoms with van der Waals surface area (Å²) >= 11 is 0. The third kappa shape index (κ3) is 6.95. The molecular formula is C11H24N2O2S. The van der Waals surface area contributed by atoms with E-state index in [1.165, 1.54) is 0 Å². The van der Waals surface area contributed by atoms with Crippen LogP contribution in [0.4, 0.5) is 0 Å². The zero-order chi connectivity index (χ0) is 12.6. The van der Waals surface area contributed by atoms with Crippen LogP contribution in [0, 0.1) is 5.92 Å². The number of nitrogens with two attached hydrogens (primary N) is 1. The second-order valence-electron chi connectivity index (χ2n) is 4.17. The van der Waals surface area contributed by atoms with E-state index in [2.05, 4.69) is 5.32 Å². The van der Waals surface area contributed by atoms with Crippen molar-refractivity contribution in [3.63, 3.8) is 0 Å². The second-order valence-corrected chi connectivity index (χ2v) is 5.67. The molecular weight excluding hydrogens is 224 g/mol. The monoisotopic (exact) mass is 248 g/mol. The molecule has 2 atom stereocenters. The summed E-state index contributed by atoms with van der Waals surface area (Å²) in [6.45, 7) is 6.51. The van der Waals surface area contributed by atoms with Gasteiger partial charge in [0.05, 0.1) is 0 Å². The third-order valence-electron chi connectivity index (χ3n) is 2.52. The first kappa shape index (κ1) is 15.6. The minimum absolute atomic E-state index is 0.0981. The molecule has 0 aromatic rings. The molecule has 0 rings (SSSR count). The van der Waals surface area contributed by atoms with Gasteiger partial charge in [0.25, 0.3) is 0 Å². The molecule has 0 aliphatic heterocycles. The molecule has 0 spiro atoms.